The highest BCUT2D eigenvalue weighted by Crippen LogP contribution is 2.40. The lowest BCUT2D eigenvalue weighted by Gasteiger charge is -2.35. The first-order valence-electron chi connectivity index (χ1n) is 9.44. The van der Waals surface area contributed by atoms with Crippen molar-refractivity contribution in [2.24, 2.45) is 0 Å². The summed E-state index contributed by atoms with van der Waals surface area (Å²) < 4.78 is 7.40. The number of anilines is 2. The van der Waals surface area contributed by atoms with Crippen LogP contribution in [-0.2, 0) is 6.42 Å². The van der Waals surface area contributed by atoms with E-state index in [4.69, 9.17) is 21.3 Å². The van der Waals surface area contributed by atoms with Gasteiger partial charge in [0.25, 0.3) is 5.91 Å². The second kappa shape index (κ2) is 7.80. The van der Waals surface area contributed by atoms with Crippen molar-refractivity contribution in [3.8, 4) is 5.75 Å². The fourth-order valence-corrected chi connectivity index (χ4v) is 3.97. The predicted octanol–water partition coefficient (Wildman–Crippen LogP) is 4.65. The minimum absolute atomic E-state index is 0.00461. The summed E-state index contributed by atoms with van der Waals surface area (Å²) in [5.41, 5.74) is 1.47. The maximum atomic E-state index is 13.1. The van der Waals surface area contributed by atoms with Crippen LogP contribution in [0.3, 0.4) is 0 Å². The molecule has 2 heterocycles. The minimum atomic E-state index is 0.00461. The minimum Gasteiger partial charge on any atom is -0.497 e. The van der Waals surface area contributed by atoms with Gasteiger partial charge in [0.15, 0.2) is 11.5 Å². The molecule has 0 saturated heterocycles. The summed E-state index contributed by atoms with van der Waals surface area (Å²) in [4.78, 5) is 21.6. The fraction of sp³-hybridized carbons (Fsp3) is 0.500. The van der Waals surface area contributed by atoms with Gasteiger partial charge in [-0.05, 0) is 25.0 Å². The lowest BCUT2D eigenvalue weighted by atomic mass is 10.1. The van der Waals surface area contributed by atoms with Crippen molar-refractivity contribution in [2.45, 2.75) is 46.1 Å². The highest BCUT2D eigenvalue weighted by atomic mass is 35.5. The molecule has 0 atom stereocenters. The van der Waals surface area contributed by atoms with Gasteiger partial charge in [-0.15, -0.1) is 0 Å². The molecule has 0 saturated carbocycles. The molecule has 0 unspecified atom stereocenters. The molecule has 0 N–H and O–H groups in total. The van der Waals surface area contributed by atoms with Crippen molar-refractivity contribution < 1.29 is 9.53 Å². The Kier molecular flexibility index (Phi) is 5.65. The number of ether oxygens (including phenoxy) is 1. The van der Waals surface area contributed by atoms with E-state index in [1.807, 2.05) is 24.1 Å². The van der Waals surface area contributed by atoms with Gasteiger partial charge in [-0.25, -0.2) is 4.98 Å². The van der Waals surface area contributed by atoms with Crippen LogP contribution in [0.25, 0.3) is 0 Å². The number of carbonyl (C=O) groups is 1. The van der Waals surface area contributed by atoms with Crippen LogP contribution in [0.4, 0.5) is 11.5 Å². The zero-order valence-corrected chi connectivity index (χ0v) is 17.4. The van der Waals surface area contributed by atoms with Crippen LogP contribution in [0.2, 0.25) is 5.02 Å². The molecule has 1 aliphatic heterocycles. The third-order valence-electron chi connectivity index (χ3n) is 5.19. The van der Waals surface area contributed by atoms with Gasteiger partial charge in [-0.1, -0.05) is 32.4 Å². The zero-order valence-electron chi connectivity index (χ0n) is 16.6. The van der Waals surface area contributed by atoms with E-state index in [0.29, 0.717) is 29.0 Å². The van der Waals surface area contributed by atoms with Gasteiger partial charge in [-0.2, -0.15) is 0 Å². The Bertz CT molecular complexity index is 845. The third-order valence-corrected chi connectivity index (χ3v) is 5.50. The van der Waals surface area contributed by atoms with Crippen molar-refractivity contribution >= 4 is 29.0 Å². The van der Waals surface area contributed by atoms with Gasteiger partial charge >= 0.3 is 0 Å². The van der Waals surface area contributed by atoms with E-state index in [1.165, 1.54) is 0 Å². The number of carbonyl (C=O) groups excluding carboxylic acids is 1. The maximum Gasteiger partial charge on any atom is 0.275 e. The highest BCUT2D eigenvalue weighted by molar-refractivity contribution is 6.33. The Morgan fingerprint density at radius 2 is 1.96 bits per heavy atom. The van der Waals surface area contributed by atoms with Gasteiger partial charge in [0.2, 0.25) is 0 Å². The standard InChI is InChI=1S/C20H27ClN4O2/c1-6-13(7-2)25-17(8-3)22-19-18(25)20(26)23(4)12-24(19)16-10-9-14(27-5)11-15(16)21/h9-11,13H,6-8,12H2,1-5H3. The molecule has 3 rings (SSSR count). The van der Waals surface area contributed by atoms with E-state index in [9.17, 15) is 4.79 Å². The van der Waals surface area contributed by atoms with E-state index in [1.54, 1.807) is 18.1 Å². The number of aryl methyl sites for hydroxylation is 1. The summed E-state index contributed by atoms with van der Waals surface area (Å²) in [6.07, 6.45) is 2.67. The number of fused-ring (bicyclic) bond motifs is 1. The maximum absolute atomic E-state index is 13.1. The van der Waals surface area contributed by atoms with E-state index >= 15 is 0 Å². The molecule has 0 aliphatic carbocycles. The van der Waals surface area contributed by atoms with Crippen molar-refractivity contribution in [1.29, 1.82) is 0 Å². The van der Waals surface area contributed by atoms with Crippen LogP contribution < -0.4 is 9.64 Å². The van der Waals surface area contributed by atoms with Crippen LogP contribution in [-0.4, -0.2) is 41.2 Å². The number of halogens is 1. The van der Waals surface area contributed by atoms with Crippen molar-refractivity contribution in [3.63, 3.8) is 0 Å². The van der Waals surface area contributed by atoms with Gasteiger partial charge < -0.3 is 19.1 Å². The molecular formula is C20H27ClN4O2. The number of methoxy groups -OCH3 is 1. The van der Waals surface area contributed by atoms with E-state index in [-0.39, 0.29) is 11.9 Å². The molecule has 1 aliphatic rings. The number of rotatable bonds is 6. The molecule has 7 heteroatoms. The second-order valence-corrected chi connectivity index (χ2v) is 7.19. The molecule has 0 radical (unpaired) electrons. The first-order chi connectivity index (χ1) is 13.0. The first-order valence-corrected chi connectivity index (χ1v) is 9.82. The number of aromatic nitrogens is 2. The van der Waals surface area contributed by atoms with Crippen LogP contribution in [0.15, 0.2) is 18.2 Å². The topological polar surface area (TPSA) is 50.6 Å². The summed E-state index contributed by atoms with van der Waals surface area (Å²) >= 11 is 6.53. The number of amides is 1. The summed E-state index contributed by atoms with van der Waals surface area (Å²) in [5, 5.41) is 0.568. The number of nitrogens with zero attached hydrogens (tertiary/aromatic N) is 4. The normalized spacial score (nSPS) is 14.1. The Morgan fingerprint density at radius 3 is 2.52 bits per heavy atom. The Balaban J connectivity index is 2.20. The molecular weight excluding hydrogens is 364 g/mol. The first kappa shape index (κ1) is 19.5. The molecule has 1 amide bonds. The molecule has 27 heavy (non-hydrogen) atoms. The van der Waals surface area contributed by atoms with Crippen molar-refractivity contribution in [1.82, 2.24) is 14.5 Å². The number of hydrogen-bond acceptors (Lipinski definition) is 4. The zero-order chi connectivity index (χ0) is 19.7. The fourth-order valence-electron chi connectivity index (χ4n) is 3.70. The Hall–Kier alpha value is -2.21. The third kappa shape index (κ3) is 3.27. The molecule has 0 spiro atoms. The molecule has 0 fully saturated rings. The monoisotopic (exact) mass is 390 g/mol. The van der Waals surface area contributed by atoms with Crippen molar-refractivity contribution in [2.75, 3.05) is 25.7 Å². The lowest BCUT2D eigenvalue weighted by Crippen LogP contribution is -2.43. The summed E-state index contributed by atoms with van der Waals surface area (Å²) in [7, 11) is 3.42. The average Bonchev–Trinajstić information content (AvgIpc) is 3.06. The Morgan fingerprint density at radius 1 is 1.26 bits per heavy atom. The molecule has 2 aromatic rings. The van der Waals surface area contributed by atoms with Crippen LogP contribution >= 0.6 is 11.6 Å². The van der Waals surface area contributed by atoms with Crippen LogP contribution in [0, 0.1) is 0 Å². The molecule has 1 aromatic carbocycles. The van der Waals surface area contributed by atoms with E-state index in [2.05, 4.69) is 25.3 Å². The number of imidazole rings is 1. The molecule has 6 nitrogen and oxygen atoms in total. The lowest BCUT2D eigenvalue weighted by molar-refractivity contribution is 0.0772. The van der Waals surface area contributed by atoms with E-state index in [0.717, 1.165) is 30.8 Å². The SMILES string of the molecule is CCc1nc2c(n1C(CC)CC)C(=O)N(C)CN2c1ccc(OC)cc1Cl. The largest absolute Gasteiger partial charge is 0.497 e. The highest BCUT2D eigenvalue weighted by Gasteiger charge is 2.36. The van der Waals surface area contributed by atoms with Gasteiger partial charge in [0.1, 0.15) is 11.6 Å². The summed E-state index contributed by atoms with van der Waals surface area (Å²) in [6.45, 7) is 6.77. The average molecular weight is 391 g/mol. The number of hydrogen-bond donors (Lipinski definition) is 0. The smallest absolute Gasteiger partial charge is 0.275 e. The van der Waals surface area contributed by atoms with Crippen molar-refractivity contribution in [3.05, 3.63) is 34.7 Å². The van der Waals surface area contributed by atoms with Crippen LogP contribution in [0.5, 0.6) is 5.75 Å². The molecule has 0 bridgehead atoms. The summed E-state index contributed by atoms with van der Waals surface area (Å²) in [5.74, 6) is 2.33. The molecule has 146 valence electrons. The van der Waals surface area contributed by atoms with Gasteiger partial charge in [0, 0.05) is 25.6 Å². The summed E-state index contributed by atoms with van der Waals surface area (Å²) in [6, 6.07) is 5.82. The molecule has 1 aromatic heterocycles. The quantitative estimate of drug-likeness (QED) is 0.720. The van der Waals surface area contributed by atoms with E-state index < -0.39 is 0 Å². The van der Waals surface area contributed by atoms with Crippen LogP contribution in [0.1, 0.15) is 56.0 Å². The Labute approximate surface area is 165 Å². The predicted molar refractivity (Wildman–Crippen MR) is 108 cm³/mol. The second-order valence-electron chi connectivity index (χ2n) is 6.78. The van der Waals surface area contributed by atoms with Gasteiger partial charge in [-0.3, -0.25) is 4.79 Å². The van der Waals surface area contributed by atoms with Gasteiger partial charge in [0.05, 0.1) is 24.5 Å². The number of benzene rings is 1.